The van der Waals surface area contributed by atoms with E-state index in [1.807, 2.05) is 6.07 Å². The fraction of sp³-hybridized carbons (Fsp3) is 0.476. The number of hydrogen-bond acceptors (Lipinski definition) is 3. The number of hydrogen-bond donors (Lipinski definition) is 1. The van der Waals surface area contributed by atoms with Gasteiger partial charge in [0, 0.05) is 6.54 Å². The number of amides is 1. The van der Waals surface area contributed by atoms with Gasteiger partial charge >= 0.3 is 6.18 Å². The lowest BCUT2D eigenvalue weighted by atomic mass is 9.93. The summed E-state index contributed by atoms with van der Waals surface area (Å²) in [5.74, 6) is 0.297. The Kier molecular flexibility index (Phi) is 5.57. The van der Waals surface area contributed by atoms with Crippen LogP contribution >= 0.6 is 0 Å². The minimum atomic E-state index is -4.52. The number of alkyl halides is 3. The smallest absolute Gasteiger partial charge is 0.409 e. The molecule has 1 fully saturated rings. The predicted molar refractivity (Wildman–Crippen MR) is 102 cm³/mol. The first-order valence-electron chi connectivity index (χ1n) is 9.43. The highest BCUT2D eigenvalue weighted by Gasteiger charge is 2.51. The molecule has 7 heteroatoms. The van der Waals surface area contributed by atoms with Gasteiger partial charge in [0.1, 0.15) is 11.8 Å². The van der Waals surface area contributed by atoms with Gasteiger partial charge < -0.3 is 4.74 Å². The third-order valence-corrected chi connectivity index (χ3v) is 4.97. The van der Waals surface area contributed by atoms with Crippen LogP contribution in [0.2, 0.25) is 0 Å². The maximum atomic E-state index is 13.9. The molecule has 1 atom stereocenters. The normalized spacial score (nSPS) is 18.3. The zero-order chi connectivity index (χ0) is 20.5. The van der Waals surface area contributed by atoms with Crippen LogP contribution in [0.1, 0.15) is 45.2 Å². The lowest BCUT2D eigenvalue weighted by Crippen LogP contribution is -2.43. The Morgan fingerprint density at radius 3 is 2.46 bits per heavy atom. The Balaban J connectivity index is 1.91. The summed E-state index contributed by atoms with van der Waals surface area (Å²) < 4.78 is 47.2. The van der Waals surface area contributed by atoms with Crippen LogP contribution in [0.5, 0.6) is 5.75 Å². The summed E-state index contributed by atoms with van der Waals surface area (Å²) in [5.41, 5.74) is 1.61. The van der Waals surface area contributed by atoms with Crippen molar-refractivity contribution in [2.45, 2.75) is 45.8 Å². The van der Waals surface area contributed by atoms with E-state index in [1.54, 1.807) is 32.0 Å². The molecule has 0 saturated carbocycles. The topological polar surface area (TPSA) is 41.6 Å². The molecule has 0 aromatic heterocycles. The molecular formula is C21H25F3N2O2. The number of carbonyl (C=O) groups excluding carboxylic acids is 1. The van der Waals surface area contributed by atoms with Gasteiger partial charge in [-0.3, -0.25) is 10.2 Å². The minimum Gasteiger partial charge on any atom is -0.494 e. The number of hydrazine groups is 1. The molecule has 28 heavy (non-hydrogen) atoms. The molecule has 4 nitrogen and oxygen atoms in total. The molecule has 1 aliphatic heterocycles. The first-order chi connectivity index (χ1) is 13.1. The van der Waals surface area contributed by atoms with Gasteiger partial charge in [-0.2, -0.15) is 13.2 Å². The number of halogens is 3. The second-order valence-corrected chi connectivity index (χ2v) is 7.87. The average molecular weight is 394 g/mol. The summed E-state index contributed by atoms with van der Waals surface area (Å²) in [7, 11) is 0. The molecule has 0 radical (unpaired) electrons. The Bertz CT molecular complexity index is 864. The van der Waals surface area contributed by atoms with Crippen molar-refractivity contribution in [2.24, 2.45) is 5.41 Å². The molecule has 0 unspecified atom stereocenters. The van der Waals surface area contributed by atoms with E-state index < -0.39 is 23.5 Å². The summed E-state index contributed by atoms with van der Waals surface area (Å²) in [6.07, 6.45) is -2.55. The van der Waals surface area contributed by atoms with E-state index in [9.17, 15) is 18.0 Å². The van der Waals surface area contributed by atoms with Crippen LogP contribution in [-0.2, 0) is 4.79 Å². The Morgan fingerprint density at radius 2 is 1.86 bits per heavy atom. The van der Waals surface area contributed by atoms with Crippen molar-refractivity contribution in [3.63, 3.8) is 0 Å². The van der Waals surface area contributed by atoms with Gasteiger partial charge in [0.2, 0.25) is 5.91 Å². The maximum Gasteiger partial charge on any atom is 0.409 e. The molecular weight excluding hydrogens is 369 g/mol. The van der Waals surface area contributed by atoms with Crippen molar-refractivity contribution in [3.8, 4) is 5.75 Å². The third kappa shape index (κ3) is 4.24. The van der Waals surface area contributed by atoms with Gasteiger partial charge in [-0.15, -0.1) is 0 Å². The van der Waals surface area contributed by atoms with Gasteiger partial charge in [-0.1, -0.05) is 31.5 Å². The lowest BCUT2D eigenvalue weighted by molar-refractivity contribution is -0.191. The van der Waals surface area contributed by atoms with Crippen molar-refractivity contribution in [1.29, 1.82) is 0 Å². The van der Waals surface area contributed by atoms with Crippen LogP contribution in [0.15, 0.2) is 36.4 Å². The second kappa shape index (κ2) is 7.62. The van der Waals surface area contributed by atoms with Crippen molar-refractivity contribution < 1.29 is 22.7 Å². The highest BCUT2D eigenvalue weighted by atomic mass is 19.4. The Labute approximate surface area is 162 Å². The number of carbonyl (C=O) groups is 1. The lowest BCUT2D eigenvalue weighted by Gasteiger charge is -2.30. The first-order valence-corrected chi connectivity index (χ1v) is 9.43. The van der Waals surface area contributed by atoms with Crippen molar-refractivity contribution in [3.05, 3.63) is 42.0 Å². The molecule has 0 aliphatic carbocycles. The fourth-order valence-electron chi connectivity index (χ4n) is 3.36. The van der Waals surface area contributed by atoms with Crippen molar-refractivity contribution >= 4 is 16.7 Å². The average Bonchev–Trinajstić information content (AvgIpc) is 2.86. The van der Waals surface area contributed by atoms with Crippen molar-refractivity contribution in [2.75, 3.05) is 13.2 Å². The van der Waals surface area contributed by atoms with Gasteiger partial charge in [0.05, 0.1) is 12.0 Å². The van der Waals surface area contributed by atoms with E-state index in [1.165, 1.54) is 12.1 Å². The first kappa shape index (κ1) is 20.5. The number of rotatable bonds is 6. The van der Waals surface area contributed by atoms with E-state index in [2.05, 4.69) is 12.3 Å². The van der Waals surface area contributed by atoms with Crippen LogP contribution < -0.4 is 10.2 Å². The fourth-order valence-corrected chi connectivity index (χ4v) is 3.36. The quantitative estimate of drug-likeness (QED) is 0.702. The molecule has 1 N–H and O–H groups in total. The van der Waals surface area contributed by atoms with Crippen LogP contribution in [0.4, 0.5) is 13.2 Å². The highest BCUT2D eigenvalue weighted by Crippen LogP contribution is 2.41. The standard InChI is InChI=1S/C21H25F3N2O2/c1-4-5-10-28-17-9-8-14-11-16(7-6-15(14)12-17)18(21(22,23)24)26-13-20(2,3)19(27)25-26/h6-9,11-12,18H,4-5,10,13H2,1-3H3,(H,25,27)/t18-/m0/s1. The molecule has 1 heterocycles. The summed E-state index contributed by atoms with van der Waals surface area (Å²) >= 11 is 0. The highest BCUT2D eigenvalue weighted by molar-refractivity contribution is 5.85. The molecule has 2 aromatic carbocycles. The summed E-state index contributed by atoms with van der Waals surface area (Å²) in [5, 5.41) is 2.50. The minimum absolute atomic E-state index is 0.0156. The molecule has 1 aliphatic rings. The van der Waals surface area contributed by atoms with Gasteiger partial charge in [-0.05, 0) is 54.8 Å². The van der Waals surface area contributed by atoms with Gasteiger partial charge in [0.15, 0.2) is 0 Å². The number of ether oxygens (including phenoxy) is 1. The predicted octanol–water partition coefficient (Wildman–Crippen LogP) is 5.00. The molecule has 1 saturated heterocycles. The van der Waals surface area contributed by atoms with Gasteiger partial charge in [-0.25, -0.2) is 5.01 Å². The van der Waals surface area contributed by atoms with Crippen molar-refractivity contribution in [1.82, 2.24) is 10.4 Å². The molecule has 152 valence electrons. The second-order valence-electron chi connectivity index (χ2n) is 7.87. The van der Waals surface area contributed by atoms with E-state index in [4.69, 9.17) is 4.74 Å². The third-order valence-electron chi connectivity index (χ3n) is 4.97. The largest absolute Gasteiger partial charge is 0.494 e. The van der Waals surface area contributed by atoms with Crippen LogP contribution in [-0.4, -0.2) is 30.2 Å². The number of nitrogens with zero attached hydrogens (tertiary/aromatic N) is 1. The van der Waals surface area contributed by atoms with E-state index >= 15 is 0 Å². The van der Waals surface area contributed by atoms with Crippen LogP contribution in [0, 0.1) is 5.41 Å². The Hall–Kier alpha value is -2.28. The number of nitrogens with one attached hydrogen (secondary N) is 1. The Morgan fingerprint density at radius 1 is 1.18 bits per heavy atom. The summed E-state index contributed by atoms with van der Waals surface area (Å²) in [6, 6.07) is 8.12. The number of benzene rings is 2. The van der Waals surface area contributed by atoms with E-state index in [0.29, 0.717) is 17.7 Å². The zero-order valence-electron chi connectivity index (χ0n) is 16.3. The molecule has 3 rings (SSSR count). The molecule has 1 amide bonds. The summed E-state index contributed by atoms with van der Waals surface area (Å²) in [4.78, 5) is 12.0. The number of fused-ring (bicyclic) bond motifs is 1. The van der Waals surface area contributed by atoms with Gasteiger partial charge in [0.25, 0.3) is 0 Å². The maximum absolute atomic E-state index is 13.9. The van der Waals surface area contributed by atoms with Crippen LogP contribution in [0.25, 0.3) is 10.8 Å². The number of unbranched alkanes of at least 4 members (excludes halogenated alkanes) is 1. The summed E-state index contributed by atoms with van der Waals surface area (Å²) in [6.45, 7) is 5.94. The van der Waals surface area contributed by atoms with Crippen LogP contribution in [0.3, 0.4) is 0 Å². The van der Waals surface area contributed by atoms with E-state index in [0.717, 1.165) is 23.2 Å². The molecule has 0 bridgehead atoms. The molecule has 2 aromatic rings. The zero-order valence-corrected chi connectivity index (χ0v) is 16.3. The monoisotopic (exact) mass is 394 g/mol. The molecule has 0 spiro atoms. The van der Waals surface area contributed by atoms with E-state index in [-0.39, 0.29) is 12.1 Å². The SMILES string of the molecule is CCCCOc1ccc2cc([C@H](N3CC(C)(C)C(=O)N3)C(F)(F)F)ccc2c1.